The monoisotopic (exact) mass is 377 g/mol. The number of halogens is 1. The van der Waals surface area contributed by atoms with Crippen molar-refractivity contribution in [2.75, 3.05) is 11.1 Å². The molecular weight excluding hydrogens is 362 g/mol. The highest BCUT2D eigenvalue weighted by Crippen LogP contribution is 2.40. The fourth-order valence-electron chi connectivity index (χ4n) is 3.15. The molecule has 1 amide bonds. The van der Waals surface area contributed by atoms with Crippen molar-refractivity contribution in [1.29, 1.82) is 5.26 Å². The molecule has 1 saturated carbocycles. The van der Waals surface area contributed by atoms with Crippen molar-refractivity contribution in [3.63, 3.8) is 0 Å². The smallest absolute Gasteiger partial charge is 0.230 e. The molecule has 3 aromatic rings. The zero-order valence-corrected chi connectivity index (χ0v) is 15.3. The second kappa shape index (κ2) is 6.53. The summed E-state index contributed by atoms with van der Waals surface area (Å²) >= 11 is 6.50. The van der Waals surface area contributed by atoms with E-state index in [1.165, 1.54) is 0 Å². The number of hydrogen-bond donors (Lipinski definition) is 2. The minimum atomic E-state index is -0.253. The highest BCUT2D eigenvalue weighted by atomic mass is 35.5. The van der Waals surface area contributed by atoms with Crippen molar-refractivity contribution < 1.29 is 4.79 Å². The number of hydrogen-bond acceptors (Lipinski definition) is 5. The number of nitrogen functional groups attached to an aromatic ring is 1. The maximum Gasteiger partial charge on any atom is 0.230 e. The molecule has 1 aliphatic rings. The van der Waals surface area contributed by atoms with E-state index in [9.17, 15) is 4.79 Å². The maximum atomic E-state index is 12.2. The number of aryl methyl sites for hydroxylation is 1. The second-order valence-electron chi connectivity index (χ2n) is 6.70. The van der Waals surface area contributed by atoms with E-state index in [0.29, 0.717) is 28.3 Å². The molecule has 1 aliphatic carbocycles. The predicted molar refractivity (Wildman–Crippen MR) is 105 cm³/mol. The lowest BCUT2D eigenvalue weighted by Crippen LogP contribution is -2.15. The number of anilines is 2. The van der Waals surface area contributed by atoms with Gasteiger partial charge in [0.25, 0.3) is 0 Å². The van der Waals surface area contributed by atoms with Crippen LogP contribution in [-0.4, -0.2) is 15.9 Å². The van der Waals surface area contributed by atoms with E-state index < -0.39 is 0 Å². The summed E-state index contributed by atoms with van der Waals surface area (Å²) in [6.45, 7) is 1.98. The summed E-state index contributed by atoms with van der Waals surface area (Å²) in [5.74, 6) is -0.207. The number of amides is 1. The Balaban J connectivity index is 1.75. The quantitative estimate of drug-likeness (QED) is 0.672. The molecule has 7 heteroatoms. The first-order valence-electron chi connectivity index (χ1n) is 8.48. The number of carbonyl (C=O) groups excluding carboxylic acids is 1. The molecule has 0 spiro atoms. The molecule has 0 radical (unpaired) electrons. The molecular formula is C20H16ClN5O. The molecule has 134 valence electrons. The Kier molecular flexibility index (Phi) is 4.17. The Morgan fingerprint density at radius 2 is 2.19 bits per heavy atom. The third kappa shape index (κ3) is 3.07. The van der Waals surface area contributed by atoms with Crippen LogP contribution in [0.1, 0.15) is 12.0 Å². The van der Waals surface area contributed by atoms with Crippen LogP contribution in [0.4, 0.5) is 11.5 Å². The number of benzene rings is 1. The average molecular weight is 378 g/mol. The predicted octanol–water partition coefficient (Wildman–Crippen LogP) is 3.94. The van der Waals surface area contributed by atoms with E-state index in [-0.39, 0.29) is 17.7 Å². The van der Waals surface area contributed by atoms with Crippen molar-refractivity contribution in [3.8, 4) is 17.2 Å². The van der Waals surface area contributed by atoms with Crippen LogP contribution in [0, 0.1) is 30.1 Å². The fraction of sp³-hybridized carbons (Fsp3) is 0.200. The van der Waals surface area contributed by atoms with Gasteiger partial charge in [0.1, 0.15) is 5.82 Å². The highest BCUT2D eigenvalue weighted by Gasteiger charge is 2.43. The van der Waals surface area contributed by atoms with E-state index >= 15 is 0 Å². The summed E-state index contributed by atoms with van der Waals surface area (Å²) in [6.07, 6.45) is 5.67. The van der Waals surface area contributed by atoms with Gasteiger partial charge in [-0.1, -0.05) is 11.6 Å². The number of nitrogens with zero attached hydrogens (tertiary/aromatic N) is 3. The summed E-state index contributed by atoms with van der Waals surface area (Å²) in [4.78, 5) is 20.6. The summed E-state index contributed by atoms with van der Waals surface area (Å²) in [5, 5.41) is 13.6. The van der Waals surface area contributed by atoms with Crippen LogP contribution in [0.2, 0.25) is 5.02 Å². The lowest BCUT2D eigenvalue weighted by molar-refractivity contribution is -0.117. The van der Waals surface area contributed by atoms with Gasteiger partial charge >= 0.3 is 0 Å². The molecule has 2 aromatic heterocycles. The van der Waals surface area contributed by atoms with Crippen LogP contribution >= 0.6 is 11.6 Å². The van der Waals surface area contributed by atoms with Gasteiger partial charge in [-0.2, -0.15) is 5.26 Å². The first-order chi connectivity index (χ1) is 13.0. The average Bonchev–Trinajstić information content (AvgIpc) is 3.45. The summed E-state index contributed by atoms with van der Waals surface area (Å²) in [5.41, 5.74) is 9.38. The number of rotatable bonds is 3. The molecule has 6 nitrogen and oxygen atoms in total. The molecule has 0 saturated heterocycles. The van der Waals surface area contributed by atoms with Crippen LogP contribution in [0.25, 0.3) is 21.9 Å². The number of nitrogens with one attached hydrogen (secondary N) is 1. The normalized spacial score (nSPS) is 18.1. The molecule has 0 bridgehead atoms. The van der Waals surface area contributed by atoms with Gasteiger partial charge in [0.15, 0.2) is 0 Å². The fourth-order valence-corrected chi connectivity index (χ4v) is 3.41. The number of carbonyl (C=O) groups is 1. The molecule has 2 heterocycles. The molecule has 2 unspecified atom stereocenters. The van der Waals surface area contributed by atoms with Crippen molar-refractivity contribution in [2.24, 2.45) is 11.8 Å². The van der Waals surface area contributed by atoms with Gasteiger partial charge < -0.3 is 11.1 Å². The number of pyridine rings is 2. The summed E-state index contributed by atoms with van der Waals surface area (Å²) in [7, 11) is 0. The minimum absolute atomic E-state index is 0.182. The molecule has 2 atom stereocenters. The van der Waals surface area contributed by atoms with Crippen molar-refractivity contribution in [3.05, 3.63) is 47.4 Å². The topological polar surface area (TPSA) is 105 Å². The molecule has 1 fully saturated rings. The van der Waals surface area contributed by atoms with E-state index in [2.05, 4.69) is 21.4 Å². The lowest BCUT2D eigenvalue weighted by Gasteiger charge is -2.13. The SMILES string of the molecule is Cc1ccncc1-c1cc2cc(NC(=O)C3CC3C#N)ncc2c(N)c1Cl. The lowest BCUT2D eigenvalue weighted by atomic mass is 9.99. The summed E-state index contributed by atoms with van der Waals surface area (Å²) in [6, 6.07) is 7.70. The van der Waals surface area contributed by atoms with Crippen molar-refractivity contribution in [1.82, 2.24) is 9.97 Å². The first kappa shape index (κ1) is 17.3. The van der Waals surface area contributed by atoms with Gasteiger partial charge in [-0.15, -0.1) is 0 Å². The number of nitriles is 1. The van der Waals surface area contributed by atoms with Crippen LogP contribution in [-0.2, 0) is 4.79 Å². The van der Waals surface area contributed by atoms with E-state index in [0.717, 1.165) is 22.1 Å². The largest absolute Gasteiger partial charge is 0.397 e. The number of nitrogens with two attached hydrogens (primary N) is 1. The first-order valence-corrected chi connectivity index (χ1v) is 8.86. The number of aromatic nitrogens is 2. The van der Waals surface area contributed by atoms with E-state index in [4.69, 9.17) is 22.6 Å². The third-order valence-electron chi connectivity index (χ3n) is 4.87. The number of fused-ring (bicyclic) bond motifs is 1. The van der Waals surface area contributed by atoms with Gasteiger partial charge in [-0.05, 0) is 42.5 Å². The Hall–Kier alpha value is -3.17. The van der Waals surface area contributed by atoms with Gasteiger partial charge in [0.2, 0.25) is 5.91 Å². The zero-order valence-electron chi connectivity index (χ0n) is 14.5. The van der Waals surface area contributed by atoms with Crippen molar-refractivity contribution >= 4 is 39.8 Å². The van der Waals surface area contributed by atoms with Crippen LogP contribution in [0.3, 0.4) is 0 Å². The van der Waals surface area contributed by atoms with E-state index in [1.807, 2.05) is 19.1 Å². The van der Waals surface area contributed by atoms with Crippen LogP contribution in [0.15, 0.2) is 36.8 Å². The highest BCUT2D eigenvalue weighted by molar-refractivity contribution is 6.37. The molecule has 4 rings (SSSR count). The van der Waals surface area contributed by atoms with Gasteiger partial charge in [-0.25, -0.2) is 4.98 Å². The third-order valence-corrected chi connectivity index (χ3v) is 5.28. The summed E-state index contributed by atoms with van der Waals surface area (Å²) < 4.78 is 0. The molecule has 0 aliphatic heterocycles. The maximum absolute atomic E-state index is 12.2. The second-order valence-corrected chi connectivity index (χ2v) is 7.08. The van der Waals surface area contributed by atoms with Gasteiger partial charge in [-0.3, -0.25) is 9.78 Å². The molecule has 1 aromatic carbocycles. The Morgan fingerprint density at radius 3 is 2.89 bits per heavy atom. The van der Waals surface area contributed by atoms with Gasteiger partial charge in [0.05, 0.1) is 28.6 Å². The standard InChI is InChI=1S/C20H16ClN5O/c1-10-2-3-24-8-15(10)14-4-11-6-17(25-9-16(11)19(23)18(14)21)26-20(27)13-5-12(13)7-22/h2-4,6,8-9,12-13H,5,23H2,1H3,(H,25,26,27). The molecule has 27 heavy (non-hydrogen) atoms. The Labute approximate surface area is 161 Å². The van der Waals surface area contributed by atoms with Crippen molar-refractivity contribution in [2.45, 2.75) is 13.3 Å². The van der Waals surface area contributed by atoms with Crippen LogP contribution in [0.5, 0.6) is 0 Å². The van der Waals surface area contributed by atoms with Gasteiger partial charge in [0, 0.05) is 35.1 Å². The minimum Gasteiger partial charge on any atom is -0.397 e. The Morgan fingerprint density at radius 1 is 1.37 bits per heavy atom. The zero-order chi connectivity index (χ0) is 19.1. The Bertz CT molecular complexity index is 1120. The molecule has 3 N–H and O–H groups in total. The van der Waals surface area contributed by atoms with E-state index in [1.54, 1.807) is 24.7 Å². The van der Waals surface area contributed by atoms with Crippen LogP contribution < -0.4 is 11.1 Å².